The molecule has 1 fully saturated rings. The Morgan fingerprint density at radius 2 is 1.86 bits per heavy atom. The number of nitrogens with one attached hydrogen (secondary N) is 1. The summed E-state index contributed by atoms with van der Waals surface area (Å²) in [4.78, 5) is 44.3. The highest BCUT2D eigenvalue weighted by Gasteiger charge is 2.37. The predicted octanol–water partition coefficient (Wildman–Crippen LogP) is 3.50. The number of likely N-dealkylation sites (N-methyl/N-ethyl adjacent to an activating group) is 1. The number of hydrogen-bond acceptors (Lipinski definition) is 5. The van der Waals surface area contributed by atoms with Crippen molar-refractivity contribution in [2.45, 2.75) is 26.3 Å². The number of ether oxygens (including phenoxy) is 1. The fourth-order valence-electron chi connectivity index (χ4n) is 4.85. The van der Waals surface area contributed by atoms with E-state index in [4.69, 9.17) is 4.74 Å². The van der Waals surface area contributed by atoms with Gasteiger partial charge in [0.05, 0.1) is 23.8 Å². The van der Waals surface area contributed by atoms with Gasteiger partial charge in [-0.3, -0.25) is 14.6 Å². The minimum atomic E-state index is -0.635. The summed E-state index contributed by atoms with van der Waals surface area (Å²) < 4.78 is 19.6. The molecule has 4 rings (SSSR count). The molecule has 2 heterocycles. The van der Waals surface area contributed by atoms with Gasteiger partial charge in [-0.2, -0.15) is 0 Å². The normalized spacial score (nSPS) is 18.9. The Morgan fingerprint density at radius 3 is 2.59 bits per heavy atom. The molecule has 0 unspecified atom stereocenters. The van der Waals surface area contributed by atoms with Gasteiger partial charge in [0.2, 0.25) is 0 Å². The van der Waals surface area contributed by atoms with Gasteiger partial charge in [-0.05, 0) is 38.0 Å². The molecule has 1 atom stereocenters. The van der Waals surface area contributed by atoms with Gasteiger partial charge in [-0.1, -0.05) is 42.0 Å². The van der Waals surface area contributed by atoms with Gasteiger partial charge in [0.1, 0.15) is 5.82 Å². The van der Waals surface area contributed by atoms with Crippen molar-refractivity contribution >= 4 is 17.9 Å². The number of hydrogen-bond donors (Lipinski definition) is 1. The number of aryl methyl sites for hydroxylation is 1. The van der Waals surface area contributed by atoms with E-state index in [-0.39, 0.29) is 24.1 Å². The third kappa shape index (κ3) is 5.83. The Balaban J connectivity index is 1.60. The van der Waals surface area contributed by atoms with E-state index in [0.717, 1.165) is 11.1 Å². The monoisotopic (exact) mass is 508 g/mol. The van der Waals surface area contributed by atoms with Crippen molar-refractivity contribution in [3.05, 3.63) is 82.3 Å². The summed E-state index contributed by atoms with van der Waals surface area (Å²) in [6.07, 6.45) is 0.680. The Bertz CT molecular complexity index is 1210. The van der Waals surface area contributed by atoms with Crippen LogP contribution in [0.15, 0.2) is 59.8 Å². The van der Waals surface area contributed by atoms with Crippen LogP contribution in [0.1, 0.15) is 40.9 Å². The fraction of sp³-hybridized carbons (Fsp3) is 0.393. The molecule has 0 spiro atoms. The van der Waals surface area contributed by atoms with Crippen molar-refractivity contribution in [3.8, 4) is 0 Å². The molecule has 37 heavy (non-hydrogen) atoms. The maximum atomic E-state index is 14.2. The van der Waals surface area contributed by atoms with Gasteiger partial charge in [-0.15, -0.1) is 0 Å². The lowest BCUT2D eigenvalue weighted by Crippen LogP contribution is -2.49. The van der Waals surface area contributed by atoms with Crippen LogP contribution >= 0.6 is 0 Å². The average Bonchev–Trinajstić information content (AvgIpc) is 3.12. The lowest BCUT2D eigenvalue weighted by molar-refractivity contribution is -0.139. The molecule has 0 bridgehead atoms. The topological polar surface area (TPSA) is 82.2 Å². The summed E-state index contributed by atoms with van der Waals surface area (Å²) in [7, 11) is 1.64. The average molecular weight is 509 g/mol. The summed E-state index contributed by atoms with van der Waals surface area (Å²) in [5, 5.41) is 2.95. The number of carbonyl (C=O) groups is 3. The smallest absolute Gasteiger partial charge is 0.338 e. The lowest BCUT2D eigenvalue weighted by Gasteiger charge is -2.36. The van der Waals surface area contributed by atoms with Crippen LogP contribution in [0, 0.1) is 12.7 Å². The number of benzene rings is 2. The molecule has 2 aliphatic heterocycles. The van der Waals surface area contributed by atoms with Gasteiger partial charge in [0.25, 0.3) is 5.91 Å². The molecule has 0 aliphatic carbocycles. The van der Waals surface area contributed by atoms with Gasteiger partial charge in [-0.25, -0.2) is 14.0 Å². The molecular formula is C28H33FN4O4. The van der Waals surface area contributed by atoms with Crippen LogP contribution in [0.4, 0.5) is 9.18 Å². The number of urea groups is 1. The quantitative estimate of drug-likeness (QED) is 0.604. The van der Waals surface area contributed by atoms with Crippen molar-refractivity contribution < 1.29 is 23.5 Å². The molecule has 9 heteroatoms. The van der Waals surface area contributed by atoms with E-state index in [1.165, 1.54) is 17.0 Å². The highest BCUT2D eigenvalue weighted by atomic mass is 19.1. The summed E-state index contributed by atoms with van der Waals surface area (Å²) in [5.74, 6) is -1.34. The molecule has 2 aliphatic rings. The maximum Gasteiger partial charge on any atom is 0.338 e. The second kappa shape index (κ2) is 11.6. The highest BCUT2D eigenvalue weighted by molar-refractivity contribution is 5.95. The van der Waals surface area contributed by atoms with Gasteiger partial charge >= 0.3 is 12.0 Å². The third-order valence-corrected chi connectivity index (χ3v) is 6.80. The molecule has 1 saturated heterocycles. The van der Waals surface area contributed by atoms with E-state index in [2.05, 4.69) is 10.2 Å². The van der Waals surface area contributed by atoms with Crippen molar-refractivity contribution in [1.29, 1.82) is 0 Å². The molecule has 0 radical (unpaired) electrons. The third-order valence-electron chi connectivity index (χ3n) is 6.80. The molecule has 2 aromatic rings. The Kier molecular flexibility index (Phi) is 8.23. The second-order valence-corrected chi connectivity index (χ2v) is 9.34. The first kappa shape index (κ1) is 26.3. The Hall–Kier alpha value is -3.72. The van der Waals surface area contributed by atoms with Crippen LogP contribution in [-0.4, -0.2) is 79.0 Å². The minimum Gasteiger partial charge on any atom is -0.463 e. The molecule has 2 aromatic carbocycles. The van der Waals surface area contributed by atoms with Crippen molar-refractivity contribution in [1.82, 2.24) is 20.0 Å². The largest absolute Gasteiger partial charge is 0.463 e. The highest BCUT2D eigenvalue weighted by Crippen LogP contribution is 2.32. The zero-order valence-electron chi connectivity index (χ0n) is 21.5. The summed E-state index contributed by atoms with van der Waals surface area (Å²) in [6.45, 7) is 6.34. The lowest BCUT2D eigenvalue weighted by atomic mass is 9.93. The van der Waals surface area contributed by atoms with E-state index < -0.39 is 17.8 Å². The standard InChI is InChI=1S/C28H33FN4O4/c1-4-37-27(35)24-23(31(3)28(36)30-25(24)20-10-7-9-19(2)17-20)18-32-13-8-14-33(16-15-32)26(34)21-11-5-6-12-22(21)29/h5-7,9-12,17,25H,4,8,13-16,18H2,1-3H3,(H,30,36)/t25-/m1/s1. The van der Waals surface area contributed by atoms with E-state index in [1.54, 1.807) is 31.0 Å². The Morgan fingerprint density at radius 1 is 1.08 bits per heavy atom. The van der Waals surface area contributed by atoms with E-state index in [9.17, 15) is 18.8 Å². The number of nitrogens with zero attached hydrogens (tertiary/aromatic N) is 3. The maximum absolute atomic E-state index is 14.2. The number of esters is 1. The number of carbonyl (C=O) groups excluding carboxylic acids is 3. The molecule has 3 amide bonds. The van der Waals surface area contributed by atoms with Crippen LogP contribution in [0.3, 0.4) is 0 Å². The van der Waals surface area contributed by atoms with Crippen LogP contribution in [0.25, 0.3) is 0 Å². The molecular weight excluding hydrogens is 475 g/mol. The fourth-order valence-corrected chi connectivity index (χ4v) is 4.85. The van der Waals surface area contributed by atoms with Crippen molar-refractivity contribution in [3.63, 3.8) is 0 Å². The van der Waals surface area contributed by atoms with E-state index in [0.29, 0.717) is 50.4 Å². The first-order chi connectivity index (χ1) is 17.8. The minimum absolute atomic E-state index is 0.0629. The van der Waals surface area contributed by atoms with Crippen LogP contribution in [-0.2, 0) is 9.53 Å². The molecule has 0 aromatic heterocycles. The van der Waals surface area contributed by atoms with Gasteiger partial charge < -0.3 is 15.0 Å². The van der Waals surface area contributed by atoms with Crippen LogP contribution in [0.5, 0.6) is 0 Å². The number of rotatable bonds is 6. The first-order valence-corrected chi connectivity index (χ1v) is 12.6. The zero-order chi connectivity index (χ0) is 26.5. The number of amides is 3. The molecule has 0 saturated carbocycles. The number of halogens is 1. The molecule has 8 nitrogen and oxygen atoms in total. The van der Waals surface area contributed by atoms with Crippen LogP contribution in [0.2, 0.25) is 0 Å². The van der Waals surface area contributed by atoms with Crippen LogP contribution < -0.4 is 5.32 Å². The SMILES string of the molecule is CCOC(=O)C1=C(CN2CCCN(C(=O)c3ccccc3F)CC2)N(C)C(=O)N[C@@H]1c1cccc(C)c1. The summed E-state index contributed by atoms with van der Waals surface area (Å²) in [5.41, 5.74) is 2.86. The summed E-state index contributed by atoms with van der Waals surface area (Å²) in [6, 6.07) is 12.7. The van der Waals surface area contributed by atoms with E-state index >= 15 is 0 Å². The first-order valence-electron chi connectivity index (χ1n) is 12.6. The van der Waals surface area contributed by atoms with E-state index in [1.807, 2.05) is 31.2 Å². The zero-order valence-corrected chi connectivity index (χ0v) is 21.5. The molecule has 196 valence electrons. The van der Waals surface area contributed by atoms with Crippen molar-refractivity contribution in [2.24, 2.45) is 0 Å². The Labute approximate surface area is 216 Å². The second-order valence-electron chi connectivity index (χ2n) is 9.34. The summed E-state index contributed by atoms with van der Waals surface area (Å²) >= 11 is 0. The van der Waals surface area contributed by atoms with Gasteiger partial charge in [0, 0.05) is 45.5 Å². The molecule has 1 N–H and O–H groups in total. The van der Waals surface area contributed by atoms with Gasteiger partial charge in [0.15, 0.2) is 0 Å². The van der Waals surface area contributed by atoms with Crippen molar-refractivity contribution in [2.75, 3.05) is 46.4 Å². The predicted molar refractivity (Wildman–Crippen MR) is 137 cm³/mol.